The second-order valence-electron chi connectivity index (χ2n) is 5.71. The highest BCUT2D eigenvalue weighted by molar-refractivity contribution is 5.09. The van der Waals surface area contributed by atoms with Crippen LogP contribution in [0, 0.1) is 5.92 Å². The number of nitrogens with zero attached hydrogens (tertiary/aromatic N) is 2. The normalized spacial score (nSPS) is 18.4. The molecule has 100 valence electrons. The van der Waals surface area contributed by atoms with Crippen molar-refractivity contribution in [2.45, 2.75) is 39.3 Å². The molecule has 1 aliphatic rings. The minimum absolute atomic E-state index is 0.682. The summed E-state index contributed by atoms with van der Waals surface area (Å²) in [5.41, 5.74) is 1.33. The van der Waals surface area contributed by atoms with E-state index in [9.17, 15) is 0 Å². The number of piperidine rings is 1. The van der Waals surface area contributed by atoms with E-state index in [0.29, 0.717) is 6.04 Å². The lowest BCUT2D eigenvalue weighted by atomic mass is 10.0. The van der Waals surface area contributed by atoms with Gasteiger partial charge in [0.2, 0.25) is 0 Å². The first kappa shape index (κ1) is 13.5. The van der Waals surface area contributed by atoms with Crippen molar-refractivity contribution in [3.63, 3.8) is 0 Å². The summed E-state index contributed by atoms with van der Waals surface area (Å²) in [6.07, 6.45) is 6.28. The summed E-state index contributed by atoms with van der Waals surface area (Å²) < 4.78 is 0. The third-order valence-corrected chi connectivity index (χ3v) is 3.56. The molecule has 0 aromatic carbocycles. The van der Waals surface area contributed by atoms with Crippen LogP contribution >= 0.6 is 0 Å². The monoisotopic (exact) mass is 247 g/mol. The first-order chi connectivity index (χ1) is 8.74. The maximum atomic E-state index is 4.04. The lowest BCUT2D eigenvalue weighted by molar-refractivity contribution is 0.179. The fraction of sp³-hybridized carbons (Fsp3) is 0.667. The molecule has 0 aliphatic carbocycles. The molecule has 0 saturated carbocycles. The van der Waals surface area contributed by atoms with E-state index in [1.807, 2.05) is 12.4 Å². The van der Waals surface area contributed by atoms with Crippen molar-refractivity contribution < 1.29 is 0 Å². The van der Waals surface area contributed by atoms with Gasteiger partial charge in [0.15, 0.2) is 0 Å². The van der Waals surface area contributed by atoms with Crippen LogP contribution in [0.4, 0.5) is 0 Å². The Kier molecular flexibility index (Phi) is 5.14. The van der Waals surface area contributed by atoms with Gasteiger partial charge >= 0.3 is 0 Å². The van der Waals surface area contributed by atoms with Gasteiger partial charge in [-0.25, -0.2) is 0 Å². The zero-order valence-corrected chi connectivity index (χ0v) is 11.6. The first-order valence-corrected chi connectivity index (χ1v) is 7.08. The van der Waals surface area contributed by atoms with Crippen LogP contribution in [-0.4, -0.2) is 35.6 Å². The Bertz CT molecular complexity index is 329. The fourth-order valence-corrected chi connectivity index (χ4v) is 2.60. The van der Waals surface area contributed by atoms with Gasteiger partial charge in [-0.05, 0) is 49.5 Å². The van der Waals surface area contributed by atoms with Gasteiger partial charge in [-0.3, -0.25) is 4.98 Å². The van der Waals surface area contributed by atoms with Crippen LogP contribution in [0.2, 0.25) is 0 Å². The minimum atomic E-state index is 0.682. The smallest absolute Gasteiger partial charge is 0.0271 e. The third-order valence-electron chi connectivity index (χ3n) is 3.56. The molecule has 3 nitrogen and oxygen atoms in total. The SMILES string of the molecule is CC(C)CN1CCC(NCc2ccncc2)CC1. The fourth-order valence-electron chi connectivity index (χ4n) is 2.60. The van der Waals surface area contributed by atoms with Crippen LogP contribution in [0.1, 0.15) is 32.3 Å². The van der Waals surface area contributed by atoms with E-state index < -0.39 is 0 Å². The Morgan fingerprint density at radius 3 is 2.56 bits per heavy atom. The van der Waals surface area contributed by atoms with Crippen molar-refractivity contribution in [1.82, 2.24) is 15.2 Å². The molecule has 2 rings (SSSR count). The van der Waals surface area contributed by atoms with Gasteiger partial charge in [0.25, 0.3) is 0 Å². The summed E-state index contributed by atoms with van der Waals surface area (Å²) in [5, 5.41) is 3.66. The van der Waals surface area contributed by atoms with Crippen molar-refractivity contribution in [3.8, 4) is 0 Å². The number of rotatable bonds is 5. The Morgan fingerprint density at radius 2 is 1.94 bits per heavy atom. The van der Waals surface area contributed by atoms with E-state index >= 15 is 0 Å². The van der Waals surface area contributed by atoms with Crippen molar-refractivity contribution in [2.75, 3.05) is 19.6 Å². The van der Waals surface area contributed by atoms with E-state index in [1.165, 1.54) is 38.0 Å². The maximum Gasteiger partial charge on any atom is 0.0271 e. The average Bonchev–Trinajstić information content (AvgIpc) is 2.38. The van der Waals surface area contributed by atoms with Crippen molar-refractivity contribution in [1.29, 1.82) is 0 Å². The zero-order valence-electron chi connectivity index (χ0n) is 11.6. The second-order valence-corrected chi connectivity index (χ2v) is 5.71. The summed E-state index contributed by atoms with van der Waals surface area (Å²) in [4.78, 5) is 6.64. The quantitative estimate of drug-likeness (QED) is 0.865. The van der Waals surface area contributed by atoms with Crippen LogP contribution in [-0.2, 0) is 6.54 Å². The molecular weight excluding hydrogens is 222 g/mol. The molecule has 0 radical (unpaired) electrons. The summed E-state index contributed by atoms with van der Waals surface area (Å²) in [6.45, 7) is 9.30. The van der Waals surface area contributed by atoms with E-state index in [1.54, 1.807) is 0 Å². The Labute approximate surface area is 111 Å². The molecule has 0 spiro atoms. The van der Waals surface area contributed by atoms with E-state index in [0.717, 1.165) is 12.5 Å². The van der Waals surface area contributed by atoms with E-state index in [4.69, 9.17) is 0 Å². The first-order valence-electron chi connectivity index (χ1n) is 7.08. The molecule has 2 heterocycles. The van der Waals surface area contributed by atoms with Gasteiger partial charge < -0.3 is 10.2 Å². The molecule has 0 unspecified atom stereocenters. The van der Waals surface area contributed by atoms with Crippen LogP contribution in [0.5, 0.6) is 0 Å². The number of pyridine rings is 1. The molecule has 3 heteroatoms. The largest absolute Gasteiger partial charge is 0.310 e. The lowest BCUT2D eigenvalue weighted by Crippen LogP contribution is -2.43. The molecule has 1 aliphatic heterocycles. The molecule has 1 aromatic rings. The zero-order chi connectivity index (χ0) is 12.8. The number of nitrogens with one attached hydrogen (secondary N) is 1. The summed E-state index contributed by atoms with van der Waals surface area (Å²) in [5.74, 6) is 0.784. The molecule has 0 amide bonds. The van der Waals surface area contributed by atoms with Crippen molar-refractivity contribution in [3.05, 3.63) is 30.1 Å². The van der Waals surface area contributed by atoms with Crippen molar-refractivity contribution in [2.24, 2.45) is 5.92 Å². The molecular formula is C15H25N3. The van der Waals surface area contributed by atoms with Gasteiger partial charge in [0.1, 0.15) is 0 Å². The van der Waals surface area contributed by atoms with Crippen LogP contribution in [0.25, 0.3) is 0 Å². The highest BCUT2D eigenvalue weighted by atomic mass is 15.1. The highest BCUT2D eigenvalue weighted by Crippen LogP contribution is 2.12. The molecule has 0 bridgehead atoms. The Balaban J connectivity index is 1.68. The molecule has 18 heavy (non-hydrogen) atoms. The molecule has 1 aromatic heterocycles. The van der Waals surface area contributed by atoms with Gasteiger partial charge in [0.05, 0.1) is 0 Å². The van der Waals surface area contributed by atoms with Gasteiger partial charge in [-0.2, -0.15) is 0 Å². The van der Waals surface area contributed by atoms with Crippen LogP contribution < -0.4 is 5.32 Å². The number of aromatic nitrogens is 1. The predicted molar refractivity (Wildman–Crippen MR) is 75.4 cm³/mol. The number of likely N-dealkylation sites (tertiary alicyclic amines) is 1. The standard InChI is InChI=1S/C15H25N3/c1-13(2)12-18-9-5-15(6-10-18)17-11-14-3-7-16-8-4-14/h3-4,7-8,13,15,17H,5-6,9-12H2,1-2H3. The molecule has 1 N–H and O–H groups in total. The molecule has 1 saturated heterocycles. The topological polar surface area (TPSA) is 28.2 Å². The Morgan fingerprint density at radius 1 is 1.28 bits per heavy atom. The molecule has 0 atom stereocenters. The van der Waals surface area contributed by atoms with Gasteiger partial charge in [0, 0.05) is 31.5 Å². The number of hydrogen-bond acceptors (Lipinski definition) is 3. The number of hydrogen-bond donors (Lipinski definition) is 1. The van der Waals surface area contributed by atoms with Crippen molar-refractivity contribution >= 4 is 0 Å². The summed E-state index contributed by atoms with van der Waals surface area (Å²) in [7, 11) is 0. The predicted octanol–water partition coefficient (Wildman–Crippen LogP) is 2.29. The van der Waals surface area contributed by atoms with Gasteiger partial charge in [-0.15, -0.1) is 0 Å². The van der Waals surface area contributed by atoms with Gasteiger partial charge in [-0.1, -0.05) is 13.8 Å². The maximum absolute atomic E-state index is 4.04. The molecule has 1 fully saturated rings. The Hall–Kier alpha value is -0.930. The average molecular weight is 247 g/mol. The lowest BCUT2D eigenvalue weighted by Gasteiger charge is -2.33. The summed E-state index contributed by atoms with van der Waals surface area (Å²) >= 11 is 0. The van der Waals surface area contributed by atoms with E-state index in [-0.39, 0.29) is 0 Å². The second kappa shape index (κ2) is 6.86. The highest BCUT2D eigenvalue weighted by Gasteiger charge is 2.18. The van der Waals surface area contributed by atoms with Crippen LogP contribution in [0.3, 0.4) is 0 Å². The van der Waals surface area contributed by atoms with E-state index in [2.05, 4.69) is 41.2 Å². The summed E-state index contributed by atoms with van der Waals surface area (Å²) in [6, 6.07) is 4.85. The van der Waals surface area contributed by atoms with Crippen LogP contribution in [0.15, 0.2) is 24.5 Å². The minimum Gasteiger partial charge on any atom is -0.310 e. The third kappa shape index (κ3) is 4.39.